The van der Waals surface area contributed by atoms with Gasteiger partial charge in [0.05, 0.1) is 35.0 Å². The van der Waals surface area contributed by atoms with Crippen molar-refractivity contribution in [2.75, 3.05) is 49.0 Å². The van der Waals surface area contributed by atoms with Crippen molar-refractivity contribution < 1.29 is 32.6 Å². The average Bonchev–Trinajstić information content (AvgIpc) is 2.79. The van der Waals surface area contributed by atoms with E-state index in [1.165, 1.54) is 24.3 Å². The van der Waals surface area contributed by atoms with Crippen LogP contribution in [0, 0.1) is 0 Å². The Morgan fingerprint density at radius 2 is 1.67 bits per heavy atom. The average molecular weight is 478 g/mol. The first-order valence-electron chi connectivity index (χ1n) is 10.5. The van der Waals surface area contributed by atoms with Crippen molar-refractivity contribution in [2.24, 2.45) is 0 Å². The molecular formula is C22H27N3O7S. The molecule has 178 valence electrons. The fourth-order valence-electron chi connectivity index (χ4n) is 3.46. The lowest BCUT2D eigenvalue weighted by atomic mass is 10.1. The zero-order chi connectivity index (χ0) is 24.0. The highest BCUT2D eigenvalue weighted by Crippen LogP contribution is 2.31. The van der Waals surface area contributed by atoms with E-state index >= 15 is 0 Å². The summed E-state index contributed by atoms with van der Waals surface area (Å²) in [5.74, 6) is -0.625. The Hall–Kier alpha value is -3.47. The number of anilines is 2. The van der Waals surface area contributed by atoms with Gasteiger partial charge < -0.3 is 24.4 Å². The van der Waals surface area contributed by atoms with Crippen LogP contribution in [0.2, 0.25) is 0 Å². The number of amides is 1. The number of piperazine rings is 1. The van der Waals surface area contributed by atoms with E-state index in [2.05, 4.69) is 4.72 Å². The van der Waals surface area contributed by atoms with Gasteiger partial charge in [0.1, 0.15) is 5.75 Å². The highest BCUT2D eigenvalue weighted by Gasteiger charge is 2.25. The molecule has 1 aliphatic heterocycles. The van der Waals surface area contributed by atoms with Gasteiger partial charge >= 0.3 is 12.1 Å². The summed E-state index contributed by atoms with van der Waals surface area (Å²) < 4.78 is 38.9. The minimum Gasteiger partial charge on any atom is -0.494 e. The number of carbonyl (C=O) groups is 2. The molecule has 0 bridgehead atoms. The van der Waals surface area contributed by atoms with Crippen molar-refractivity contribution in [3.63, 3.8) is 0 Å². The smallest absolute Gasteiger partial charge is 0.409 e. The van der Waals surface area contributed by atoms with E-state index in [1.54, 1.807) is 30.0 Å². The summed E-state index contributed by atoms with van der Waals surface area (Å²) >= 11 is 0. The summed E-state index contributed by atoms with van der Waals surface area (Å²) in [4.78, 5) is 26.9. The van der Waals surface area contributed by atoms with Crippen molar-refractivity contribution in [1.29, 1.82) is 0 Å². The van der Waals surface area contributed by atoms with Crippen LogP contribution in [-0.2, 0) is 14.8 Å². The van der Waals surface area contributed by atoms with Gasteiger partial charge in [-0.25, -0.2) is 18.0 Å². The van der Waals surface area contributed by atoms with Crippen molar-refractivity contribution in [3.05, 3.63) is 48.0 Å². The Bertz CT molecular complexity index is 1100. The lowest BCUT2D eigenvalue weighted by Gasteiger charge is -2.36. The van der Waals surface area contributed by atoms with E-state index in [1.807, 2.05) is 11.8 Å². The number of aromatic carboxylic acids is 1. The van der Waals surface area contributed by atoms with Crippen LogP contribution in [0.3, 0.4) is 0 Å². The molecule has 1 amide bonds. The standard InChI is InChI=1S/C22H27N3O7S/c1-3-31-17-6-8-18(9-7-17)33(29,30)23-19-15-16(21(26)27)5-10-20(19)24-11-13-25(14-12-24)22(28)32-4-2/h5-10,15,23H,3-4,11-14H2,1-2H3,(H,26,27). The molecule has 2 aromatic rings. The van der Waals surface area contributed by atoms with Gasteiger partial charge in [0.15, 0.2) is 0 Å². The number of sulfonamides is 1. The van der Waals surface area contributed by atoms with Crippen molar-refractivity contribution in [2.45, 2.75) is 18.7 Å². The normalized spacial score (nSPS) is 14.0. The number of benzene rings is 2. The Labute approximate surface area is 192 Å². The Kier molecular flexibility index (Phi) is 7.64. The molecule has 10 nitrogen and oxygen atoms in total. The monoisotopic (exact) mass is 477 g/mol. The number of ether oxygens (including phenoxy) is 2. The number of carbonyl (C=O) groups excluding carboxylic acids is 1. The number of rotatable bonds is 8. The molecule has 11 heteroatoms. The number of hydrogen-bond acceptors (Lipinski definition) is 7. The highest BCUT2D eigenvalue weighted by molar-refractivity contribution is 7.92. The van der Waals surface area contributed by atoms with E-state index in [-0.39, 0.29) is 22.8 Å². The molecule has 0 aliphatic carbocycles. The second-order valence-corrected chi connectivity index (χ2v) is 8.90. The summed E-state index contributed by atoms with van der Waals surface area (Å²) in [6.07, 6.45) is -0.394. The van der Waals surface area contributed by atoms with Crippen LogP contribution in [0.4, 0.5) is 16.2 Å². The molecule has 0 unspecified atom stereocenters. The Morgan fingerprint density at radius 1 is 1.00 bits per heavy atom. The third-order valence-corrected chi connectivity index (χ3v) is 6.46. The molecular weight excluding hydrogens is 450 g/mol. The van der Waals surface area contributed by atoms with Crippen molar-refractivity contribution in [1.82, 2.24) is 4.90 Å². The maximum atomic E-state index is 13.0. The van der Waals surface area contributed by atoms with Gasteiger partial charge in [0.25, 0.3) is 10.0 Å². The molecule has 2 aromatic carbocycles. The van der Waals surface area contributed by atoms with Crippen LogP contribution in [0.25, 0.3) is 0 Å². The number of nitrogens with one attached hydrogen (secondary N) is 1. The lowest BCUT2D eigenvalue weighted by molar-refractivity contribution is 0.0696. The fraction of sp³-hybridized carbons (Fsp3) is 0.364. The van der Waals surface area contributed by atoms with E-state index in [0.29, 0.717) is 44.2 Å². The van der Waals surface area contributed by atoms with Crippen molar-refractivity contribution >= 4 is 33.5 Å². The van der Waals surface area contributed by atoms with Gasteiger partial charge in [-0.05, 0) is 56.3 Å². The molecule has 1 saturated heterocycles. The molecule has 0 spiro atoms. The van der Waals surface area contributed by atoms with Gasteiger partial charge in [-0.3, -0.25) is 4.72 Å². The Balaban J connectivity index is 1.85. The molecule has 0 aromatic heterocycles. The van der Waals surface area contributed by atoms with E-state index in [4.69, 9.17) is 9.47 Å². The maximum Gasteiger partial charge on any atom is 0.409 e. The molecule has 2 N–H and O–H groups in total. The molecule has 0 radical (unpaired) electrons. The summed E-state index contributed by atoms with van der Waals surface area (Å²) in [5.41, 5.74) is 0.625. The third kappa shape index (κ3) is 5.86. The summed E-state index contributed by atoms with van der Waals surface area (Å²) in [5, 5.41) is 9.39. The summed E-state index contributed by atoms with van der Waals surface area (Å²) in [6, 6.07) is 10.2. The van der Waals surface area contributed by atoms with E-state index in [0.717, 1.165) is 0 Å². The zero-order valence-corrected chi connectivity index (χ0v) is 19.3. The summed E-state index contributed by atoms with van der Waals surface area (Å²) in [6.45, 7) is 5.96. The quantitative estimate of drug-likeness (QED) is 0.595. The molecule has 0 saturated carbocycles. The number of carboxylic acid groups (broad SMARTS) is 1. The largest absolute Gasteiger partial charge is 0.494 e. The molecule has 1 aliphatic rings. The topological polar surface area (TPSA) is 125 Å². The van der Waals surface area contributed by atoms with Gasteiger partial charge in [-0.1, -0.05) is 0 Å². The molecule has 1 heterocycles. The third-order valence-electron chi connectivity index (χ3n) is 5.08. The summed E-state index contributed by atoms with van der Waals surface area (Å²) in [7, 11) is -3.99. The van der Waals surface area contributed by atoms with Crippen LogP contribution >= 0.6 is 0 Å². The van der Waals surface area contributed by atoms with Crippen LogP contribution in [0.15, 0.2) is 47.4 Å². The Morgan fingerprint density at radius 3 is 2.24 bits per heavy atom. The molecule has 33 heavy (non-hydrogen) atoms. The predicted octanol–water partition coefficient (Wildman–Crippen LogP) is 2.86. The number of carboxylic acids is 1. The van der Waals surface area contributed by atoms with Crippen LogP contribution in [-0.4, -0.2) is 69.9 Å². The minimum absolute atomic E-state index is 0.0183. The van der Waals surface area contributed by atoms with Gasteiger partial charge in [0.2, 0.25) is 0 Å². The van der Waals surface area contributed by atoms with E-state index < -0.39 is 22.1 Å². The maximum absolute atomic E-state index is 13.0. The number of hydrogen-bond donors (Lipinski definition) is 2. The molecule has 0 atom stereocenters. The first kappa shape index (κ1) is 24.2. The van der Waals surface area contributed by atoms with Crippen molar-refractivity contribution in [3.8, 4) is 5.75 Å². The SMILES string of the molecule is CCOC(=O)N1CCN(c2ccc(C(=O)O)cc2NS(=O)(=O)c2ccc(OCC)cc2)CC1. The minimum atomic E-state index is -3.99. The first-order valence-corrected chi connectivity index (χ1v) is 12.0. The van der Waals surface area contributed by atoms with Crippen LogP contribution in [0.1, 0.15) is 24.2 Å². The lowest BCUT2D eigenvalue weighted by Crippen LogP contribution is -2.49. The fourth-order valence-corrected chi connectivity index (χ4v) is 4.52. The first-order chi connectivity index (χ1) is 15.7. The van der Waals surface area contributed by atoms with Gasteiger partial charge in [-0.2, -0.15) is 0 Å². The second-order valence-electron chi connectivity index (χ2n) is 7.22. The van der Waals surface area contributed by atoms with Crippen LogP contribution < -0.4 is 14.4 Å². The highest BCUT2D eigenvalue weighted by atomic mass is 32.2. The molecule has 1 fully saturated rings. The number of nitrogens with zero attached hydrogens (tertiary/aromatic N) is 2. The van der Waals surface area contributed by atoms with Crippen LogP contribution in [0.5, 0.6) is 5.75 Å². The van der Waals surface area contributed by atoms with Gasteiger partial charge in [0, 0.05) is 26.2 Å². The predicted molar refractivity (Wildman–Crippen MR) is 123 cm³/mol. The second kappa shape index (κ2) is 10.4. The van der Waals surface area contributed by atoms with E-state index in [9.17, 15) is 23.1 Å². The zero-order valence-electron chi connectivity index (χ0n) is 18.5. The molecule has 3 rings (SSSR count). The van der Waals surface area contributed by atoms with Gasteiger partial charge in [-0.15, -0.1) is 0 Å².